The van der Waals surface area contributed by atoms with Gasteiger partial charge in [-0.1, -0.05) is 43.7 Å². The summed E-state index contributed by atoms with van der Waals surface area (Å²) in [7, 11) is 4.78. The van der Waals surface area contributed by atoms with Crippen LogP contribution in [0.4, 0.5) is 11.5 Å². The number of ether oxygens (including phenoxy) is 3. The second kappa shape index (κ2) is 9.59. The molecule has 4 aromatic rings. The van der Waals surface area contributed by atoms with Crippen molar-refractivity contribution in [1.82, 2.24) is 19.6 Å². The van der Waals surface area contributed by atoms with Crippen LogP contribution in [0.2, 0.25) is 0 Å². The highest BCUT2D eigenvalue weighted by Gasteiger charge is 2.21. The third kappa shape index (κ3) is 4.23. The van der Waals surface area contributed by atoms with Crippen LogP contribution in [0.25, 0.3) is 16.9 Å². The average molecular weight is 462 g/mol. The van der Waals surface area contributed by atoms with Crippen LogP contribution in [0.15, 0.2) is 36.4 Å². The summed E-state index contributed by atoms with van der Waals surface area (Å²) in [6.07, 6.45) is 0.956. The molecule has 8 heteroatoms. The normalized spacial score (nSPS) is 12.0. The number of hydrogen-bond acceptors (Lipinski definition) is 7. The van der Waals surface area contributed by atoms with Crippen LogP contribution < -0.4 is 19.5 Å². The van der Waals surface area contributed by atoms with Crippen molar-refractivity contribution in [2.24, 2.45) is 0 Å². The van der Waals surface area contributed by atoms with E-state index >= 15 is 0 Å². The Labute approximate surface area is 199 Å². The van der Waals surface area contributed by atoms with Crippen molar-refractivity contribution < 1.29 is 14.2 Å². The summed E-state index contributed by atoms with van der Waals surface area (Å²) in [4.78, 5) is 9.77. The number of hydrogen-bond donors (Lipinski definition) is 1. The summed E-state index contributed by atoms with van der Waals surface area (Å²) in [6, 6.07) is 11.9. The number of imidazole rings is 1. The predicted molar refractivity (Wildman–Crippen MR) is 134 cm³/mol. The molecule has 0 aliphatic rings. The number of nitrogens with zero attached hydrogens (tertiary/aromatic N) is 4. The molecular formula is C26H31N5O3. The molecule has 34 heavy (non-hydrogen) atoms. The highest BCUT2D eigenvalue weighted by molar-refractivity contribution is 5.79. The SMILES string of the molecule is CCC(C)c1nc(C)c2c(Nc3cc(OC)c(OC)c(OC)c3)nc(-c3ccc(C)cc3)nn12. The third-order valence-corrected chi connectivity index (χ3v) is 5.98. The average Bonchev–Trinajstić information content (AvgIpc) is 3.19. The first kappa shape index (κ1) is 23.4. The van der Waals surface area contributed by atoms with E-state index in [9.17, 15) is 0 Å². The van der Waals surface area contributed by atoms with Gasteiger partial charge in [-0.2, -0.15) is 0 Å². The van der Waals surface area contributed by atoms with E-state index < -0.39 is 0 Å². The molecule has 0 radical (unpaired) electrons. The van der Waals surface area contributed by atoms with Crippen molar-refractivity contribution in [2.45, 2.75) is 40.0 Å². The summed E-state index contributed by atoms with van der Waals surface area (Å²) < 4.78 is 18.4. The topological polar surface area (TPSA) is 82.8 Å². The Hall–Kier alpha value is -3.81. The molecule has 0 amide bonds. The lowest BCUT2D eigenvalue weighted by atomic mass is 10.1. The van der Waals surface area contributed by atoms with Gasteiger partial charge in [-0.05, 0) is 20.3 Å². The van der Waals surface area contributed by atoms with Gasteiger partial charge in [0.05, 0.1) is 27.0 Å². The highest BCUT2D eigenvalue weighted by atomic mass is 16.5. The van der Waals surface area contributed by atoms with E-state index in [4.69, 9.17) is 29.3 Å². The van der Waals surface area contributed by atoms with Gasteiger partial charge in [-0.15, -0.1) is 5.10 Å². The molecule has 8 nitrogen and oxygen atoms in total. The maximum absolute atomic E-state index is 5.53. The number of benzene rings is 2. The van der Waals surface area contributed by atoms with Gasteiger partial charge in [0.25, 0.3) is 0 Å². The second-order valence-electron chi connectivity index (χ2n) is 8.31. The van der Waals surface area contributed by atoms with Crippen LogP contribution in [-0.2, 0) is 0 Å². The van der Waals surface area contributed by atoms with E-state index in [1.54, 1.807) is 21.3 Å². The van der Waals surface area contributed by atoms with E-state index in [1.165, 1.54) is 5.56 Å². The third-order valence-electron chi connectivity index (χ3n) is 5.98. The van der Waals surface area contributed by atoms with Crippen molar-refractivity contribution in [3.05, 3.63) is 53.5 Å². The largest absolute Gasteiger partial charge is 0.493 e. The molecule has 178 valence electrons. The van der Waals surface area contributed by atoms with Gasteiger partial charge in [0, 0.05) is 29.3 Å². The van der Waals surface area contributed by atoms with E-state index in [1.807, 2.05) is 35.7 Å². The first-order valence-corrected chi connectivity index (χ1v) is 11.3. The lowest BCUT2D eigenvalue weighted by Crippen LogP contribution is -2.08. The van der Waals surface area contributed by atoms with Crippen LogP contribution in [0.1, 0.15) is 43.3 Å². The van der Waals surface area contributed by atoms with Crippen LogP contribution in [0, 0.1) is 13.8 Å². The molecule has 0 spiro atoms. The number of nitrogens with one attached hydrogen (secondary N) is 1. The smallest absolute Gasteiger partial charge is 0.203 e. The van der Waals surface area contributed by atoms with Gasteiger partial charge in [0.2, 0.25) is 5.75 Å². The van der Waals surface area contributed by atoms with E-state index in [-0.39, 0.29) is 5.92 Å². The van der Waals surface area contributed by atoms with Crippen molar-refractivity contribution in [3.63, 3.8) is 0 Å². The predicted octanol–water partition coefficient (Wildman–Crippen LogP) is 5.69. The van der Waals surface area contributed by atoms with Crippen molar-refractivity contribution in [3.8, 4) is 28.6 Å². The zero-order valence-electron chi connectivity index (χ0n) is 20.8. The van der Waals surface area contributed by atoms with E-state index in [2.05, 4.69) is 38.2 Å². The fraction of sp³-hybridized carbons (Fsp3) is 0.346. The number of fused-ring (bicyclic) bond motifs is 1. The minimum Gasteiger partial charge on any atom is -0.493 e. The molecule has 0 aliphatic heterocycles. The Kier molecular flexibility index (Phi) is 6.58. The molecule has 1 N–H and O–H groups in total. The first-order valence-electron chi connectivity index (χ1n) is 11.3. The lowest BCUT2D eigenvalue weighted by Gasteiger charge is -2.16. The molecule has 1 atom stereocenters. The minimum absolute atomic E-state index is 0.246. The monoisotopic (exact) mass is 461 g/mol. The van der Waals surface area contributed by atoms with Crippen molar-refractivity contribution in [2.75, 3.05) is 26.6 Å². The van der Waals surface area contributed by atoms with Gasteiger partial charge in [-0.25, -0.2) is 14.5 Å². The summed E-state index contributed by atoms with van der Waals surface area (Å²) >= 11 is 0. The lowest BCUT2D eigenvalue weighted by molar-refractivity contribution is 0.324. The maximum atomic E-state index is 5.53. The molecule has 1 unspecified atom stereocenters. The molecular weight excluding hydrogens is 430 g/mol. The van der Waals surface area contributed by atoms with Crippen LogP contribution in [0.5, 0.6) is 17.2 Å². The number of anilines is 2. The Bertz CT molecular complexity index is 1290. The van der Waals surface area contributed by atoms with Gasteiger partial charge in [-0.3, -0.25) is 0 Å². The summed E-state index contributed by atoms with van der Waals surface area (Å²) in [5.74, 6) is 4.07. The van der Waals surface area contributed by atoms with Crippen LogP contribution in [0.3, 0.4) is 0 Å². The highest BCUT2D eigenvalue weighted by Crippen LogP contribution is 2.41. The van der Waals surface area contributed by atoms with Crippen LogP contribution >= 0.6 is 0 Å². The van der Waals surface area contributed by atoms with Gasteiger partial charge in [0.1, 0.15) is 11.3 Å². The molecule has 2 aromatic carbocycles. The molecule has 0 bridgehead atoms. The number of aryl methyl sites for hydroxylation is 2. The Morgan fingerprint density at radius 2 is 1.59 bits per heavy atom. The second-order valence-corrected chi connectivity index (χ2v) is 8.31. The van der Waals surface area contributed by atoms with Gasteiger partial charge >= 0.3 is 0 Å². The molecule has 0 saturated heterocycles. The molecule has 2 heterocycles. The summed E-state index contributed by atoms with van der Waals surface area (Å²) in [5.41, 5.74) is 4.55. The summed E-state index contributed by atoms with van der Waals surface area (Å²) in [6.45, 7) is 8.36. The van der Waals surface area contributed by atoms with Gasteiger partial charge < -0.3 is 19.5 Å². The Morgan fingerprint density at radius 3 is 2.15 bits per heavy atom. The summed E-state index contributed by atoms with van der Waals surface area (Å²) in [5, 5.41) is 8.35. The minimum atomic E-state index is 0.246. The fourth-order valence-electron chi connectivity index (χ4n) is 3.89. The standard InChI is InChI=1S/C26H31N5O3/c1-8-16(3)26-27-17(4)22-25(28-19-13-20(32-5)23(34-7)21(14-19)33-6)29-24(30-31(22)26)18-11-9-15(2)10-12-18/h9-14,16H,8H2,1-7H3,(H,28,29,30). The Morgan fingerprint density at radius 1 is 0.941 bits per heavy atom. The first-order chi connectivity index (χ1) is 16.4. The molecule has 0 saturated carbocycles. The van der Waals surface area contributed by atoms with Crippen molar-refractivity contribution >= 4 is 17.0 Å². The molecule has 0 fully saturated rings. The van der Waals surface area contributed by atoms with E-state index in [0.29, 0.717) is 28.9 Å². The molecule has 4 rings (SSSR count). The number of rotatable bonds is 8. The molecule has 2 aromatic heterocycles. The van der Waals surface area contributed by atoms with Gasteiger partial charge in [0.15, 0.2) is 23.1 Å². The zero-order chi connectivity index (χ0) is 24.4. The molecule has 0 aliphatic carbocycles. The quantitative estimate of drug-likeness (QED) is 0.361. The maximum Gasteiger partial charge on any atom is 0.203 e. The van der Waals surface area contributed by atoms with E-state index in [0.717, 1.165) is 34.7 Å². The Balaban J connectivity index is 1.92. The van der Waals surface area contributed by atoms with Crippen molar-refractivity contribution in [1.29, 1.82) is 0 Å². The zero-order valence-corrected chi connectivity index (χ0v) is 20.8. The fourth-order valence-corrected chi connectivity index (χ4v) is 3.89. The number of aromatic nitrogens is 4. The van der Waals surface area contributed by atoms with Crippen LogP contribution in [-0.4, -0.2) is 40.9 Å². The number of methoxy groups -OCH3 is 3.